The lowest BCUT2D eigenvalue weighted by atomic mass is 10.1. The average Bonchev–Trinajstić information content (AvgIpc) is 2.75. The maximum absolute atomic E-state index is 12.9. The number of carbonyl (C=O) groups is 1. The number of sulfonamides is 1. The number of methoxy groups -OCH3 is 1. The van der Waals surface area contributed by atoms with E-state index in [1.165, 1.54) is 30.6 Å². The molecule has 0 spiro atoms. The first-order valence-corrected chi connectivity index (χ1v) is 11.5. The molecule has 3 rings (SSSR count). The number of rotatable bonds is 6. The number of amides is 1. The molecule has 0 fully saturated rings. The minimum atomic E-state index is -3.73. The van der Waals surface area contributed by atoms with Crippen molar-refractivity contribution in [1.82, 2.24) is 0 Å². The first kappa shape index (κ1) is 22.1. The fourth-order valence-corrected chi connectivity index (χ4v) is 4.67. The molecular formula is C22H21IN2O4S. The molecule has 0 aromatic heterocycles. The van der Waals surface area contributed by atoms with Crippen LogP contribution in [0.1, 0.15) is 15.9 Å². The second kappa shape index (κ2) is 9.05. The predicted molar refractivity (Wildman–Crippen MR) is 127 cm³/mol. The highest BCUT2D eigenvalue weighted by Gasteiger charge is 2.21. The number of anilines is 2. The lowest BCUT2D eigenvalue weighted by Crippen LogP contribution is -2.26. The number of nitrogens with one attached hydrogen (secondary N) is 1. The molecular weight excluding hydrogens is 515 g/mol. The lowest BCUT2D eigenvalue weighted by Gasteiger charge is -2.20. The highest BCUT2D eigenvalue weighted by atomic mass is 127. The predicted octanol–water partition coefficient (Wildman–Crippen LogP) is 4.69. The SMILES string of the molecule is COc1ccc(S(=O)(=O)N(C)c2ccc(C(=O)Nc3ccc(I)cc3C)cc2)cc1. The Morgan fingerprint density at radius 2 is 1.63 bits per heavy atom. The van der Waals surface area contributed by atoms with Gasteiger partial charge < -0.3 is 10.1 Å². The summed E-state index contributed by atoms with van der Waals surface area (Å²) in [6.07, 6.45) is 0. The van der Waals surface area contributed by atoms with Crippen molar-refractivity contribution in [2.45, 2.75) is 11.8 Å². The molecule has 0 saturated heterocycles. The second-order valence-electron chi connectivity index (χ2n) is 6.61. The van der Waals surface area contributed by atoms with Crippen LogP contribution >= 0.6 is 22.6 Å². The Kier molecular flexibility index (Phi) is 6.67. The van der Waals surface area contributed by atoms with E-state index in [-0.39, 0.29) is 10.8 Å². The van der Waals surface area contributed by atoms with Gasteiger partial charge in [-0.1, -0.05) is 0 Å². The Hall–Kier alpha value is -2.59. The summed E-state index contributed by atoms with van der Waals surface area (Å²) in [5.74, 6) is 0.321. The van der Waals surface area contributed by atoms with Gasteiger partial charge in [-0.3, -0.25) is 9.10 Å². The molecule has 6 nitrogen and oxygen atoms in total. The van der Waals surface area contributed by atoms with Gasteiger partial charge in [0.2, 0.25) is 0 Å². The average molecular weight is 536 g/mol. The number of aryl methyl sites for hydroxylation is 1. The zero-order valence-corrected chi connectivity index (χ0v) is 19.7. The minimum Gasteiger partial charge on any atom is -0.497 e. The maximum atomic E-state index is 12.9. The second-order valence-corrected chi connectivity index (χ2v) is 9.82. The third-order valence-corrected chi connectivity index (χ3v) is 7.12. The van der Waals surface area contributed by atoms with Gasteiger partial charge in [0.05, 0.1) is 17.7 Å². The standard InChI is InChI=1S/C22H21IN2O4S/c1-15-14-17(23)6-13-21(15)24-22(26)16-4-7-18(8-5-16)25(2)30(27,28)20-11-9-19(29-3)10-12-20/h4-14H,1-3H3,(H,24,26). The Labute approximate surface area is 190 Å². The molecule has 30 heavy (non-hydrogen) atoms. The summed E-state index contributed by atoms with van der Waals surface area (Å²) in [6, 6.07) is 18.4. The van der Waals surface area contributed by atoms with Crippen LogP contribution in [0.15, 0.2) is 71.6 Å². The first-order chi connectivity index (χ1) is 14.2. The van der Waals surface area contributed by atoms with Crippen molar-refractivity contribution in [3.63, 3.8) is 0 Å². The smallest absolute Gasteiger partial charge is 0.264 e. The van der Waals surface area contributed by atoms with Crippen LogP contribution in [0.3, 0.4) is 0 Å². The van der Waals surface area contributed by atoms with Crippen LogP contribution in [0.4, 0.5) is 11.4 Å². The van der Waals surface area contributed by atoms with E-state index in [4.69, 9.17) is 4.74 Å². The van der Waals surface area contributed by atoms with Crippen LogP contribution in [-0.4, -0.2) is 28.5 Å². The summed E-state index contributed by atoms with van der Waals surface area (Å²) in [5.41, 5.74) is 2.60. The summed E-state index contributed by atoms with van der Waals surface area (Å²) in [7, 11) is -0.735. The Balaban J connectivity index is 1.77. The quantitative estimate of drug-likeness (QED) is 0.465. The highest BCUT2D eigenvalue weighted by molar-refractivity contribution is 14.1. The third kappa shape index (κ3) is 4.76. The van der Waals surface area contributed by atoms with Gasteiger partial charge >= 0.3 is 0 Å². The molecule has 156 valence electrons. The number of carbonyl (C=O) groups excluding carboxylic acids is 1. The van der Waals surface area contributed by atoms with Crippen molar-refractivity contribution in [3.8, 4) is 5.75 Å². The molecule has 3 aromatic rings. The number of hydrogen-bond acceptors (Lipinski definition) is 4. The summed E-state index contributed by atoms with van der Waals surface area (Å²) in [5, 5.41) is 2.88. The van der Waals surface area contributed by atoms with Crippen LogP contribution in [0.5, 0.6) is 5.75 Å². The normalized spacial score (nSPS) is 11.1. The Morgan fingerprint density at radius 3 is 2.20 bits per heavy atom. The topological polar surface area (TPSA) is 75.7 Å². The van der Waals surface area contributed by atoms with Crippen molar-refractivity contribution in [3.05, 3.63) is 81.4 Å². The largest absolute Gasteiger partial charge is 0.497 e. The maximum Gasteiger partial charge on any atom is 0.264 e. The van der Waals surface area contributed by atoms with Crippen molar-refractivity contribution in [2.75, 3.05) is 23.8 Å². The molecule has 1 amide bonds. The van der Waals surface area contributed by atoms with Gasteiger partial charge in [0, 0.05) is 21.9 Å². The van der Waals surface area contributed by atoms with E-state index >= 15 is 0 Å². The molecule has 0 unspecified atom stereocenters. The zero-order chi connectivity index (χ0) is 21.9. The highest BCUT2D eigenvalue weighted by Crippen LogP contribution is 2.24. The molecule has 0 aliphatic heterocycles. The van der Waals surface area contributed by atoms with E-state index in [1.807, 2.05) is 25.1 Å². The lowest BCUT2D eigenvalue weighted by molar-refractivity contribution is 0.102. The molecule has 3 aromatic carbocycles. The zero-order valence-electron chi connectivity index (χ0n) is 16.7. The molecule has 0 saturated carbocycles. The van der Waals surface area contributed by atoms with Crippen molar-refractivity contribution < 1.29 is 17.9 Å². The van der Waals surface area contributed by atoms with E-state index in [9.17, 15) is 13.2 Å². The van der Waals surface area contributed by atoms with Crippen LogP contribution in [0, 0.1) is 10.5 Å². The van der Waals surface area contributed by atoms with E-state index in [0.29, 0.717) is 17.0 Å². The molecule has 8 heteroatoms. The van der Waals surface area contributed by atoms with Crippen LogP contribution in [-0.2, 0) is 10.0 Å². The fourth-order valence-electron chi connectivity index (χ4n) is 2.83. The molecule has 0 aliphatic carbocycles. The molecule has 0 atom stereocenters. The Bertz CT molecular complexity index is 1160. The van der Waals surface area contributed by atoms with Gasteiger partial charge in [-0.05, 0) is 102 Å². The van der Waals surface area contributed by atoms with Crippen LogP contribution in [0.2, 0.25) is 0 Å². The first-order valence-electron chi connectivity index (χ1n) is 9.03. The van der Waals surface area contributed by atoms with Crippen LogP contribution in [0.25, 0.3) is 0 Å². The minimum absolute atomic E-state index is 0.154. The summed E-state index contributed by atoms with van der Waals surface area (Å²) >= 11 is 2.22. The molecule has 0 aliphatic rings. The number of ether oxygens (including phenoxy) is 1. The Morgan fingerprint density at radius 1 is 1.00 bits per heavy atom. The van der Waals surface area contributed by atoms with Gasteiger partial charge in [0.15, 0.2) is 0 Å². The molecule has 0 radical (unpaired) electrons. The number of halogens is 1. The van der Waals surface area contributed by atoms with Gasteiger partial charge in [-0.15, -0.1) is 0 Å². The monoisotopic (exact) mass is 536 g/mol. The van der Waals surface area contributed by atoms with Crippen molar-refractivity contribution >= 4 is 49.9 Å². The molecule has 0 bridgehead atoms. The summed E-state index contributed by atoms with van der Waals surface area (Å²) in [6.45, 7) is 1.93. The molecule has 1 N–H and O–H groups in total. The number of benzene rings is 3. The molecule has 0 heterocycles. The van der Waals surface area contributed by atoms with E-state index in [2.05, 4.69) is 27.9 Å². The van der Waals surface area contributed by atoms with E-state index in [1.54, 1.807) is 36.4 Å². The van der Waals surface area contributed by atoms with Gasteiger partial charge in [0.25, 0.3) is 15.9 Å². The van der Waals surface area contributed by atoms with Gasteiger partial charge in [-0.2, -0.15) is 0 Å². The number of hydrogen-bond donors (Lipinski definition) is 1. The van der Waals surface area contributed by atoms with E-state index in [0.717, 1.165) is 14.8 Å². The van der Waals surface area contributed by atoms with E-state index < -0.39 is 10.0 Å². The van der Waals surface area contributed by atoms with Crippen molar-refractivity contribution in [1.29, 1.82) is 0 Å². The summed E-state index contributed by atoms with van der Waals surface area (Å²) < 4.78 is 33.1. The van der Waals surface area contributed by atoms with Crippen molar-refractivity contribution in [2.24, 2.45) is 0 Å². The number of nitrogens with zero attached hydrogens (tertiary/aromatic N) is 1. The van der Waals surface area contributed by atoms with Crippen LogP contribution < -0.4 is 14.4 Å². The fraction of sp³-hybridized carbons (Fsp3) is 0.136. The third-order valence-electron chi connectivity index (χ3n) is 4.65. The van der Waals surface area contributed by atoms with Gasteiger partial charge in [0.1, 0.15) is 5.75 Å². The van der Waals surface area contributed by atoms with Gasteiger partial charge in [-0.25, -0.2) is 8.42 Å². The summed E-state index contributed by atoms with van der Waals surface area (Å²) in [4.78, 5) is 12.7.